The number of nitrogens with zero attached hydrogens (tertiary/aromatic N) is 2. The SMILES string of the molecule is C[C@@H]1CCc2nc(NC(=O)CCc3nc4ccccc4[nH]3)sc2C1. The summed E-state index contributed by atoms with van der Waals surface area (Å²) in [6, 6.07) is 7.90. The number of anilines is 1. The van der Waals surface area contributed by atoms with Crippen molar-refractivity contribution in [1.29, 1.82) is 0 Å². The van der Waals surface area contributed by atoms with Crippen molar-refractivity contribution in [2.24, 2.45) is 5.92 Å². The molecule has 0 spiro atoms. The van der Waals surface area contributed by atoms with E-state index in [1.807, 2.05) is 24.3 Å². The van der Waals surface area contributed by atoms with E-state index in [9.17, 15) is 4.79 Å². The molecule has 1 aliphatic carbocycles. The summed E-state index contributed by atoms with van der Waals surface area (Å²) in [4.78, 5) is 25.9. The number of amides is 1. The second kappa shape index (κ2) is 6.36. The van der Waals surface area contributed by atoms with Gasteiger partial charge in [-0.15, -0.1) is 11.3 Å². The molecule has 0 radical (unpaired) electrons. The molecular formula is C18H20N4OS. The zero-order valence-electron chi connectivity index (χ0n) is 13.6. The molecule has 1 aliphatic rings. The molecule has 0 saturated carbocycles. The van der Waals surface area contributed by atoms with E-state index in [4.69, 9.17) is 0 Å². The molecule has 1 amide bonds. The summed E-state index contributed by atoms with van der Waals surface area (Å²) in [5.74, 6) is 1.56. The van der Waals surface area contributed by atoms with E-state index < -0.39 is 0 Å². The molecule has 6 heteroatoms. The van der Waals surface area contributed by atoms with E-state index in [0.29, 0.717) is 12.8 Å². The Labute approximate surface area is 144 Å². The van der Waals surface area contributed by atoms with Gasteiger partial charge in [-0.3, -0.25) is 4.79 Å². The molecule has 3 aromatic rings. The lowest BCUT2D eigenvalue weighted by molar-refractivity contribution is -0.116. The van der Waals surface area contributed by atoms with Crippen LogP contribution in [-0.2, 0) is 24.1 Å². The van der Waals surface area contributed by atoms with Gasteiger partial charge in [0.05, 0.1) is 16.7 Å². The summed E-state index contributed by atoms with van der Waals surface area (Å²) >= 11 is 1.63. The van der Waals surface area contributed by atoms with E-state index in [-0.39, 0.29) is 5.91 Å². The average molecular weight is 340 g/mol. The molecule has 24 heavy (non-hydrogen) atoms. The molecule has 5 nitrogen and oxygen atoms in total. The third-order valence-corrected chi connectivity index (χ3v) is 5.50. The van der Waals surface area contributed by atoms with Crippen LogP contribution in [0.1, 0.15) is 36.2 Å². The molecule has 1 atom stereocenters. The van der Waals surface area contributed by atoms with Crippen LogP contribution in [0, 0.1) is 5.92 Å². The number of nitrogens with one attached hydrogen (secondary N) is 2. The van der Waals surface area contributed by atoms with Gasteiger partial charge in [0.1, 0.15) is 5.82 Å². The molecule has 2 N–H and O–H groups in total. The van der Waals surface area contributed by atoms with Crippen LogP contribution < -0.4 is 5.32 Å². The molecule has 0 fully saturated rings. The van der Waals surface area contributed by atoms with Crippen LogP contribution in [-0.4, -0.2) is 20.9 Å². The number of hydrogen-bond acceptors (Lipinski definition) is 4. The summed E-state index contributed by atoms with van der Waals surface area (Å²) in [6.45, 7) is 2.27. The molecule has 0 unspecified atom stereocenters. The summed E-state index contributed by atoms with van der Waals surface area (Å²) in [6.07, 6.45) is 4.31. The summed E-state index contributed by atoms with van der Waals surface area (Å²) in [7, 11) is 0. The van der Waals surface area contributed by atoms with E-state index in [2.05, 4.69) is 27.2 Å². The number of carbonyl (C=O) groups is 1. The maximum absolute atomic E-state index is 12.2. The highest BCUT2D eigenvalue weighted by Crippen LogP contribution is 2.32. The zero-order chi connectivity index (χ0) is 16.5. The van der Waals surface area contributed by atoms with Crippen molar-refractivity contribution in [3.05, 3.63) is 40.7 Å². The van der Waals surface area contributed by atoms with Crippen LogP contribution in [0.15, 0.2) is 24.3 Å². The van der Waals surface area contributed by atoms with Crippen LogP contribution in [0.4, 0.5) is 5.13 Å². The van der Waals surface area contributed by atoms with Crippen LogP contribution in [0.25, 0.3) is 11.0 Å². The maximum atomic E-state index is 12.2. The molecule has 124 valence electrons. The van der Waals surface area contributed by atoms with Crippen molar-refractivity contribution in [3.63, 3.8) is 0 Å². The molecule has 2 aromatic heterocycles. The third kappa shape index (κ3) is 3.19. The highest BCUT2D eigenvalue weighted by molar-refractivity contribution is 7.15. The first kappa shape index (κ1) is 15.3. The van der Waals surface area contributed by atoms with Gasteiger partial charge in [-0.1, -0.05) is 19.1 Å². The Hall–Kier alpha value is -2.21. The van der Waals surface area contributed by atoms with Gasteiger partial charge in [-0.05, 0) is 37.3 Å². The molecule has 0 bridgehead atoms. The Morgan fingerprint density at radius 3 is 3.12 bits per heavy atom. The van der Waals surface area contributed by atoms with Gasteiger partial charge in [0.15, 0.2) is 5.13 Å². The van der Waals surface area contributed by atoms with Crippen LogP contribution in [0.5, 0.6) is 0 Å². The minimum atomic E-state index is -0.00500. The standard InChI is InChI=1S/C18H20N4OS/c1-11-6-7-14-15(10-11)24-18(21-14)22-17(23)9-8-16-19-12-4-2-3-5-13(12)20-16/h2-5,11H,6-10H2,1H3,(H,19,20)(H,21,22,23)/t11-/m1/s1. The minimum absolute atomic E-state index is 0.00500. The van der Waals surface area contributed by atoms with Gasteiger partial charge >= 0.3 is 0 Å². The van der Waals surface area contributed by atoms with Crippen LogP contribution >= 0.6 is 11.3 Å². The van der Waals surface area contributed by atoms with Gasteiger partial charge in [-0.2, -0.15) is 0 Å². The fraction of sp³-hybridized carbons (Fsp3) is 0.389. The number of aromatic amines is 1. The monoisotopic (exact) mass is 340 g/mol. The summed E-state index contributed by atoms with van der Waals surface area (Å²) in [5.41, 5.74) is 3.12. The van der Waals surface area contributed by atoms with Crippen molar-refractivity contribution in [2.45, 2.75) is 39.0 Å². The molecule has 4 rings (SSSR count). The number of aromatic nitrogens is 3. The molecule has 0 aliphatic heterocycles. The van der Waals surface area contributed by atoms with E-state index in [1.54, 1.807) is 11.3 Å². The quantitative estimate of drug-likeness (QED) is 0.760. The highest BCUT2D eigenvalue weighted by Gasteiger charge is 2.20. The van der Waals surface area contributed by atoms with Gasteiger partial charge in [-0.25, -0.2) is 9.97 Å². The topological polar surface area (TPSA) is 70.7 Å². The lowest BCUT2D eigenvalue weighted by Crippen LogP contribution is -2.12. The van der Waals surface area contributed by atoms with Gasteiger partial charge in [0.2, 0.25) is 5.91 Å². The van der Waals surface area contributed by atoms with E-state index >= 15 is 0 Å². The predicted octanol–water partition coefficient (Wildman–Crippen LogP) is 3.72. The Morgan fingerprint density at radius 1 is 1.38 bits per heavy atom. The smallest absolute Gasteiger partial charge is 0.226 e. The number of rotatable bonds is 4. The molecule has 1 aromatic carbocycles. The first-order valence-electron chi connectivity index (χ1n) is 8.39. The molecular weight excluding hydrogens is 320 g/mol. The predicted molar refractivity (Wildman–Crippen MR) is 96.3 cm³/mol. The number of aryl methyl sites for hydroxylation is 2. The van der Waals surface area contributed by atoms with Crippen molar-refractivity contribution in [2.75, 3.05) is 5.32 Å². The second-order valence-electron chi connectivity index (χ2n) is 6.49. The Balaban J connectivity index is 1.36. The normalized spacial score (nSPS) is 17.0. The Bertz CT molecular complexity index is 849. The average Bonchev–Trinajstić information content (AvgIpc) is 3.15. The first-order chi connectivity index (χ1) is 11.7. The fourth-order valence-corrected chi connectivity index (χ4v) is 4.32. The van der Waals surface area contributed by atoms with Gasteiger partial charge in [0.25, 0.3) is 0 Å². The third-order valence-electron chi connectivity index (χ3n) is 4.46. The summed E-state index contributed by atoms with van der Waals surface area (Å²) < 4.78 is 0. The minimum Gasteiger partial charge on any atom is -0.342 e. The number of thiazole rings is 1. The van der Waals surface area contributed by atoms with Gasteiger partial charge in [0, 0.05) is 17.7 Å². The number of fused-ring (bicyclic) bond motifs is 2. The lowest BCUT2D eigenvalue weighted by Gasteiger charge is -2.15. The summed E-state index contributed by atoms with van der Waals surface area (Å²) in [5, 5.41) is 3.68. The number of benzene rings is 1. The Kier molecular flexibility index (Phi) is 4.06. The van der Waals surface area contributed by atoms with E-state index in [1.165, 1.54) is 17.0 Å². The van der Waals surface area contributed by atoms with E-state index in [0.717, 1.165) is 40.7 Å². The van der Waals surface area contributed by atoms with Crippen molar-refractivity contribution in [3.8, 4) is 0 Å². The van der Waals surface area contributed by atoms with Crippen LogP contribution in [0.2, 0.25) is 0 Å². The lowest BCUT2D eigenvalue weighted by atomic mass is 9.93. The second-order valence-corrected chi connectivity index (χ2v) is 7.57. The Morgan fingerprint density at radius 2 is 2.25 bits per heavy atom. The molecule has 2 heterocycles. The number of para-hydroxylation sites is 2. The van der Waals surface area contributed by atoms with Crippen molar-refractivity contribution >= 4 is 33.4 Å². The number of carbonyl (C=O) groups excluding carboxylic acids is 1. The largest absolute Gasteiger partial charge is 0.342 e. The van der Waals surface area contributed by atoms with Crippen molar-refractivity contribution in [1.82, 2.24) is 15.0 Å². The van der Waals surface area contributed by atoms with Gasteiger partial charge < -0.3 is 10.3 Å². The number of imidazole rings is 1. The zero-order valence-corrected chi connectivity index (χ0v) is 14.4. The fourth-order valence-electron chi connectivity index (χ4n) is 3.13. The molecule has 0 saturated heterocycles. The van der Waals surface area contributed by atoms with Crippen molar-refractivity contribution < 1.29 is 4.79 Å². The number of hydrogen-bond donors (Lipinski definition) is 2. The maximum Gasteiger partial charge on any atom is 0.226 e. The number of H-pyrrole nitrogens is 1. The first-order valence-corrected chi connectivity index (χ1v) is 9.21. The highest BCUT2D eigenvalue weighted by atomic mass is 32.1. The van der Waals surface area contributed by atoms with Crippen LogP contribution in [0.3, 0.4) is 0 Å².